The van der Waals surface area contributed by atoms with Gasteiger partial charge in [-0.25, -0.2) is 4.39 Å². The molecule has 33 heavy (non-hydrogen) atoms. The molecule has 1 amide bonds. The van der Waals surface area contributed by atoms with Crippen LogP contribution in [0.5, 0.6) is 11.5 Å². The molecule has 2 heterocycles. The number of ether oxygens (including phenoxy) is 3. The molecule has 3 aromatic rings. The Labute approximate surface area is 195 Å². The lowest BCUT2D eigenvalue weighted by molar-refractivity contribution is -0.113. The molecule has 1 atom stereocenters. The van der Waals surface area contributed by atoms with Crippen LogP contribution in [0.15, 0.2) is 53.7 Å². The van der Waals surface area contributed by atoms with Gasteiger partial charge in [-0.1, -0.05) is 23.9 Å². The molecule has 0 bridgehead atoms. The molecule has 0 spiro atoms. The molecule has 0 saturated carbocycles. The number of hydrogen-bond donors (Lipinski definition) is 1. The first-order valence-electron chi connectivity index (χ1n) is 10.6. The standard InChI is InChI=1S/C23H25FN4O4S/c1-30-17-10-8-16(9-11-17)25-22(29)15-33-23-27-26-21(28(23)13-18-5-4-12-31-18)14-32-20-7-3-2-6-19(20)24/h2-3,6-11,18H,4-5,12-15H2,1H3,(H,25,29)/t18-/m1/s1. The molecule has 1 aliphatic heterocycles. The van der Waals surface area contributed by atoms with Crippen molar-refractivity contribution in [1.82, 2.24) is 14.8 Å². The minimum atomic E-state index is -0.438. The molecule has 10 heteroatoms. The Morgan fingerprint density at radius 3 is 2.79 bits per heavy atom. The number of para-hydroxylation sites is 1. The highest BCUT2D eigenvalue weighted by atomic mass is 32.2. The second-order valence-corrected chi connectivity index (χ2v) is 8.37. The van der Waals surface area contributed by atoms with E-state index >= 15 is 0 Å². The number of benzene rings is 2. The Hall–Kier alpha value is -3.11. The molecule has 0 radical (unpaired) electrons. The van der Waals surface area contributed by atoms with Crippen molar-refractivity contribution >= 4 is 23.4 Å². The molecule has 1 fully saturated rings. The number of carbonyl (C=O) groups is 1. The topological polar surface area (TPSA) is 87.5 Å². The van der Waals surface area contributed by atoms with Crippen LogP contribution in [0.4, 0.5) is 10.1 Å². The molecule has 174 valence electrons. The summed E-state index contributed by atoms with van der Waals surface area (Å²) in [4.78, 5) is 12.4. The molecule has 1 saturated heterocycles. The van der Waals surface area contributed by atoms with Crippen LogP contribution in [-0.2, 0) is 22.7 Å². The lowest BCUT2D eigenvalue weighted by Crippen LogP contribution is -2.19. The molecular weight excluding hydrogens is 447 g/mol. The Balaban J connectivity index is 1.41. The summed E-state index contributed by atoms with van der Waals surface area (Å²) in [6, 6.07) is 13.3. The number of anilines is 1. The zero-order valence-corrected chi connectivity index (χ0v) is 19.0. The molecule has 0 aliphatic carbocycles. The highest BCUT2D eigenvalue weighted by Gasteiger charge is 2.22. The van der Waals surface area contributed by atoms with Crippen molar-refractivity contribution in [2.24, 2.45) is 0 Å². The summed E-state index contributed by atoms with van der Waals surface area (Å²) < 4.78 is 32.3. The Morgan fingerprint density at radius 1 is 1.24 bits per heavy atom. The fourth-order valence-electron chi connectivity index (χ4n) is 3.41. The van der Waals surface area contributed by atoms with Crippen LogP contribution in [0.25, 0.3) is 0 Å². The summed E-state index contributed by atoms with van der Waals surface area (Å²) in [5, 5.41) is 11.9. The molecule has 8 nitrogen and oxygen atoms in total. The molecule has 1 N–H and O–H groups in total. The van der Waals surface area contributed by atoms with Crippen LogP contribution < -0.4 is 14.8 Å². The van der Waals surface area contributed by atoms with Crippen molar-refractivity contribution in [2.45, 2.75) is 37.3 Å². The lowest BCUT2D eigenvalue weighted by Gasteiger charge is -2.15. The molecule has 4 rings (SSSR count). The lowest BCUT2D eigenvalue weighted by atomic mass is 10.2. The normalized spacial score (nSPS) is 15.4. The van der Waals surface area contributed by atoms with Crippen LogP contribution in [-0.4, -0.2) is 46.2 Å². The predicted molar refractivity (Wildman–Crippen MR) is 122 cm³/mol. The number of halogens is 1. The SMILES string of the molecule is COc1ccc(NC(=O)CSc2nnc(COc3ccccc3F)n2C[C@H]2CCCO2)cc1. The van der Waals surface area contributed by atoms with Crippen molar-refractivity contribution in [2.75, 3.05) is 24.8 Å². The maximum Gasteiger partial charge on any atom is 0.234 e. The number of hydrogen-bond acceptors (Lipinski definition) is 7. The highest BCUT2D eigenvalue weighted by molar-refractivity contribution is 7.99. The number of methoxy groups -OCH3 is 1. The van der Waals surface area contributed by atoms with Crippen LogP contribution in [0, 0.1) is 5.82 Å². The number of carbonyl (C=O) groups excluding carboxylic acids is 1. The third-order valence-electron chi connectivity index (χ3n) is 5.10. The first-order chi connectivity index (χ1) is 16.1. The van der Waals surface area contributed by atoms with E-state index in [2.05, 4.69) is 15.5 Å². The second-order valence-electron chi connectivity index (χ2n) is 7.43. The van der Waals surface area contributed by atoms with Crippen molar-refractivity contribution in [1.29, 1.82) is 0 Å². The summed E-state index contributed by atoms with van der Waals surface area (Å²) >= 11 is 1.28. The van der Waals surface area contributed by atoms with Crippen molar-refractivity contribution in [3.8, 4) is 11.5 Å². The summed E-state index contributed by atoms with van der Waals surface area (Å²) in [5.41, 5.74) is 0.682. The molecule has 1 aromatic heterocycles. The zero-order valence-electron chi connectivity index (χ0n) is 18.2. The maximum absolute atomic E-state index is 13.9. The Bertz CT molecular complexity index is 1070. The van der Waals surface area contributed by atoms with Crippen LogP contribution in [0.2, 0.25) is 0 Å². The van der Waals surface area contributed by atoms with Gasteiger partial charge in [0.2, 0.25) is 5.91 Å². The van der Waals surface area contributed by atoms with Gasteiger partial charge in [0.05, 0.1) is 25.5 Å². The van der Waals surface area contributed by atoms with Crippen molar-refractivity contribution in [3.05, 3.63) is 60.2 Å². The molecular formula is C23H25FN4O4S. The van der Waals surface area contributed by atoms with Crippen LogP contribution >= 0.6 is 11.8 Å². The van der Waals surface area contributed by atoms with Gasteiger partial charge in [0.15, 0.2) is 22.5 Å². The van der Waals surface area contributed by atoms with Gasteiger partial charge < -0.3 is 24.1 Å². The number of aromatic nitrogens is 3. The summed E-state index contributed by atoms with van der Waals surface area (Å²) in [6.07, 6.45) is 1.98. The van der Waals surface area contributed by atoms with Gasteiger partial charge >= 0.3 is 0 Å². The Kier molecular flexibility index (Phi) is 7.79. The van der Waals surface area contributed by atoms with E-state index < -0.39 is 5.82 Å². The number of thioether (sulfide) groups is 1. The van der Waals surface area contributed by atoms with Gasteiger partial charge in [-0.2, -0.15) is 0 Å². The largest absolute Gasteiger partial charge is 0.497 e. The van der Waals surface area contributed by atoms with E-state index in [-0.39, 0.29) is 30.1 Å². The van der Waals surface area contributed by atoms with Gasteiger partial charge in [0.1, 0.15) is 12.4 Å². The number of amides is 1. The van der Waals surface area contributed by atoms with Crippen LogP contribution in [0.3, 0.4) is 0 Å². The van der Waals surface area contributed by atoms with Crippen molar-refractivity contribution < 1.29 is 23.4 Å². The number of nitrogens with zero attached hydrogens (tertiary/aromatic N) is 3. The third kappa shape index (κ3) is 6.23. The van der Waals surface area contributed by atoms with E-state index in [0.717, 1.165) is 25.2 Å². The van der Waals surface area contributed by atoms with E-state index in [1.807, 2.05) is 4.57 Å². The highest BCUT2D eigenvalue weighted by Crippen LogP contribution is 2.24. The summed E-state index contributed by atoms with van der Waals surface area (Å²) in [5.74, 6) is 0.969. The minimum absolute atomic E-state index is 0.0423. The monoisotopic (exact) mass is 472 g/mol. The van der Waals surface area contributed by atoms with Gasteiger partial charge in [-0.3, -0.25) is 4.79 Å². The van der Waals surface area contributed by atoms with Gasteiger partial charge in [0, 0.05) is 12.3 Å². The quantitative estimate of drug-likeness (QED) is 0.448. The fourth-order valence-corrected chi connectivity index (χ4v) is 4.18. The average molecular weight is 473 g/mol. The number of rotatable bonds is 10. The van der Waals surface area contributed by atoms with Crippen molar-refractivity contribution in [3.63, 3.8) is 0 Å². The molecule has 0 unspecified atom stereocenters. The fraction of sp³-hybridized carbons (Fsp3) is 0.348. The predicted octanol–water partition coefficient (Wildman–Crippen LogP) is 3.91. The summed E-state index contributed by atoms with van der Waals surface area (Å²) in [7, 11) is 1.59. The third-order valence-corrected chi connectivity index (χ3v) is 6.07. The van der Waals surface area contributed by atoms with E-state index in [1.165, 1.54) is 17.8 Å². The second kappa shape index (κ2) is 11.2. The van der Waals surface area contributed by atoms with Crippen LogP contribution in [0.1, 0.15) is 18.7 Å². The molecule has 2 aromatic carbocycles. The first-order valence-corrected chi connectivity index (χ1v) is 11.6. The van der Waals surface area contributed by atoms with E-state index in [9.17, 15) is 9.18 Å². The number of nitrogens with one attached hydrogen (secondary N) is 1. The first kappa shape index (κ1) is 23.1. The van der Waals surface area contributed by atoms with Gasteiger partial charge in [0.25, 0.3) is 0 Å². The average Bonchev–Trinajstić information content (AvgIpc) is 3.48. The minimum Gasteiger partial charge on any atom is -0.497 e. The molecule has 1 aliphatic rings. The Morgan fingerprint density at radius 2 is 2.06 bits per heavy atom. The van der Waals surface area contributed by atoms with Gasteiger partial charge in [-0.05, 0) is 49.2 Å². The maximum atomic E-state index is 13.9. The smallest absolute Gasteiger partial charge is 0.234 e. The van der Waals surface area contributed by atoms with Gasteiger partial charge in [-0.15, -0.1) is 10.2 Å². The van der Waals surface area contributed by atoms with E-state index in [1.54, 1.807) is 49.6 Å². The zero-order chi connectivity index (χ0) is 23.0. The summed E-state index contributed by atoms with van der Waals surface area (Å²) in [6.45, 7) is 1.32. The van der Waals surface area contributed by atoms with E-state index in [4.69, 9.17) is 14.2 Å². The van der Waals surface area contributed by atoms with E-state index in [0.29, 0.717) is 23.2 Å².